The molecule has 6 heavy (non-hydrogen) atoms. The van der Waals surface area contributed by atoms with Gasteiger partial charge in [-0.05, 0) is 0 Å². The summed E-state index contributed by atoms with van der Waals surface area (Å²) in [6, 6.07) is -0.574. The van der Waals surface area contributed by atoms with E-state index in [0.29, 0.717) is 0 Å². The molecular formula is CHN4O-. The van der Waals surface area contributed by atoms with Crippen molar-refractivity contribution in [2.45, 2.75) is 0 Å². The van der Waals surface area contributed by atoms with Gasteiger partial charge in [0.25, 0.3) is 0 Å². The molecule has 0 aliphatic carbocycles. The van der Waals surface area contributed by atoms with Crippen LogP contribution in [0.3, 0.4) is 0 Å². The average Bonchev–Trinajstić information content (AvgIpc) is 1.86. The quantitative estimate of drug-likeness (QED) is 0.406. The second kappa shape index (κ2) is 0.925. The molecule has 5 nitrogen and oxygen atoms in total. The Hall–Kier alpha value is -1.13. The molecule has 1 rings (SSSR count). The van der Waals surface area contributed by atoms with Crippen LogP contribution in [0.4, 0.5) is 0 Å². The molecule has 0 spiro atoms. The fourth-order valence-corrected chi connectivity index (χ4v) is 0.153. The predicted molar refractivity (Wildman–Crippen MR) is 13.6 cm³/mol. The molecule has 0 saturated heterocycles. The van der Waals surface area contributed by atoms with Gasteiger partial charge in [0.05, 0.1) is 0 Å². The maximum absolute atomic E-state index is 9.75. The van der Waals surface area contributed by atoms with Gasteiger partial charge in [-0.1, -0.05) is 5.21 Å². The van der Waals surface area contributed by atoms with Crippen molar-refractivity contribution in [2.75, 3.05) is 0 Å². The maximum Gasteiger partial charge on any atom is 0.130 e. The fraction of sp³-hybridized carbons (Fsp3) is 0. The van der Waals surface area contributed by atoms with E-state index in [0.717, 1.165) is 0 Å². The Balaban J connectivity index is 3.05. The number of tetrazole rings is 1. The highest BCUT2D eigenvalue weighted by Crippen LogP contribution is 1.75. The molecule has 1 aromatic rings. The van der Waals surface area contributed by atoms with E-state index in [2.05, 4.69) is 15.4 Å². The second-order valence-corrected chi connectivity index (χ2v) is 0.694. The van der Waals surface area contributed by atoms with Crippen LogP contribution in [0.25, 0.3) is 0 Å². The first-order chi connectivity index (χ1) is 2.89. The third-order valence-corrected chi connectivity index (χ3v) is 0.326. The summed E-state index contributed by atoms with van der Waals surface area (Å²) in [6.07, 6.45) is 0. The minimum atomic E-state index is -0.574. The highest BCUT2D eigenvalue weighted by atomic mass is 16.3. The fourth-order valence-electron chi connectivity index (χ4n) is 0.153. The summed E-state index contributed by atoms with van der Waals surface area (Å²) >= 11 is 0. The largest absolute Gasteiger partial charge is 0.842 e. The van der Waals surface area contributed by atoms with Gasteiger partial charge < -0.3 is 5.11 Å². The van der Waals surface area contributed by atoms with Crippen molar-refractivity contribution in [3.8, 4) is 6.01 Å². The molecule has 0 atom stereocenters. The zero-order valence-corrected chi connectivity index (χ0v) is 2.75. The highest BCUT2D eigenvalue weighted by molar-refractivity contribution is 4.70. The Morgan fingerprint density at radius 2 is 2.50 bits per heavy atom. The number of hydrogen-bond acceptors (Lipinski definition) is 4. The number of nitrogens with zero attached hydrogens (tertiary/aromatic N) is 3. The Morgan fingerprint density at radius 1 is 1.67 bits per heavy atom. The van der Waals surface area contributed by atoms with Crippen LogP contribution in [0.5, 0.6) is 6.01 Å². The summed E-state index contributed by atoms with van der Waals surface area (Å²) in [5, 5.41) is 20.7. The molecule has 0 radical (unpaired) electrons. The maximum atomic E-state index is 9.75. The normalized spacial score (nSPS) is 8.67. The molecule has 0 fully saturated rings. The molecule has 1 N–H and O–H groups in total. The molecule has 0 saturated carbocycles. The van der Waals surface area contributed by atoms with Gasteiger partial charge in [0.1, 0.15) is 6.01 Å². The van der Waals surface area contributed by atoms with Gasteiger partial charge in [0.2, 0.25) is 0 Å². The Morgan fingerprint density at radius 3 is 2.67 bits per heavy atom. The Bertz CT molecular complexity index is 111. The number of rotatable bonds is 0. The van der Waals surface area contributed by atoms with Crippen LogP contribution in [0.2, 0.25) is 0 Å². The van der Waals surface area contributed by atoms with E-state index >= 15 is 0 Å². The van der Waals surface area contributed by atoms with Gasteiger partial charge in [-0.3, -0.25) is 0 Å². The lowest BCUT2D eigenvalue weighted by Gasteiger charge is -1.82. The number of aromatic nitrogens is 4. The van der Waals surface area contributed by atoms with Gasteiger partial charge in [-0.15, -0.1) is 5.10 Å². The van der Waals surface area contributed by atoms with Gasteiger partial charge in [-0.25, -0.2) is 0 Å². The molecule has 32 valence electrons. The van der Waals surface area contributed by atoms with E-state index in [1.807, 2.05) is 5.21 Å². The van der Waals surface area contributed by atoms with Gasteiger partial charge in [-0.2, -0.15) is 10.3 Å². The van der Waals surface area contributed by atoms with E-state index in [4.69, 9.17) is 0 Å². The summed E-state index contributed by atoms with van der Waals surface area (Å²) in [5.74, 6) is 0. The highest BCUT2D eigenvalue weighted by Gasteiger charge is 1.69. The zero-order chi connectivity index (χ0) is 4.41. The third kappa shape index (κ3) is 0.291. The van der Waals surface area contributed by atoms with Crippen molar-refractivity contribution in [1.82, 2.24) is 20.6 Å². The molecule has 1 aromatic heterocycles. The molecule has 0 unspecified atom stereocenters. The van der Waals surface area contributed by atoms with Gasteiger partial charge in [0.15, 0.2) is 0 Å². The first kappa shape index (κ1) is 3.08. The topological polar surface area (TPSA) is 77.5 Å². The lowest BCUT2D eigenvalue weighted by molar-refractivity contribution is -0.281. The monoisotopic (exact) mass is 85.0 g/mol. The number of hydrogen-bond donors (Lipinski definition) is 1. The standard InChI is InChI=1S/CH2N4O/c6-1-2-4-5-3-1/h(H2,2,3,4,5,6)/p-1. The predicted octanol–water partition coefficient (Wildman–Crippen LogP) is -1.73. The molecule has 0 amide bonds. The summed E-state index contributed by atoms with van der Waals surface area (Å²) in [4.78, 5) is 0. The molecule has 5 heteroatoms. The minimum Gasteiger partial charge on any atom is -0.842 e. The van der Waals surface area contributed by atoms with Crippen molar-refractivity contribution < 1.29 is 5.11 Å². The number of aromatic amines is 1. The van der Waals surface area contributed by atoms with Crippen molar-refractivity contribution in [3.63, 3.8) is 0 Å². The van der Waals surface area contributed by atoms with Crippen LogP contribution in [-0.2, 0) is 0 Å². The molecule has 0 aliphatic rings. The molecular weight excluding hydrogens is 84.0 g/mol. The summed E-state index contributed by atoms with van der Waals surface area (Å²) < 4.78 is 0. The van der Waals surface area contributed by atoms with E-state index in [-0.39, 0.29) is 0 Å². The molecule has 0 bridgehead atoms. The van der Waals surface area contributed by atoms with E-state index in [1.165, 1.54) is 0 Å². The third-order valence-electron chi connectivity index (χ3n) is 0.326. The van der Waals surface area contributed by atoms with Gasteiger partial charge >= 0.3 is 0 Å². The molecule has 0 aromatic carbocycles. The lowest BCUT2D eigenvalue weighted by atomic mass is 11.3. The number of H-pyrrole nitrogens is 1. The van der Waals surface area contributed by atoms with Crippen LogP contribution in [0.1, 0.15) is 0 Å². The number of nitrogens with one attached hydrogen (secondary N) is 1. The van der Waals surface area contributed by atoms with E-state index < -0.39 is 6.01 Å². The minimum absolute atomic E-state index is 0.574. The van der Waals surface area contributed by atoms with Crippen LogP contribution < -0.4 is 5.11 Å². The zero-order valence-electron chi connectivity index (χ0n) is 2.75. The van der Waals surface area contributed by atoms with Gasteiger partial charge in [0, 0.05) is 0 Å². The van der Waals surface area contributed by atoms with Crippen LogP contribution >= 0.6 is 0 Å². The summed E-state index contributed by atoms with van der Waals surface area (Å²) in [7, 11) is 0. The van der Waals surface area contributed by atoms with Crippen molar-refractivity contribution >= 4 is 0 Å². The van der Waals surface area contributed by atoms with E-state index in [9.17, 15) is 5.11 Å². The molecule has 0 aliphatic heterocycles. The SMILES string of the molecule is [O-]c1nn[nH]n1. The van der Waals surface area contributed by atoms with Crippen LogP contribution in [-0.4, -0.2) is 20.6 Å². The average molecular weight is 85.0 g/mol. The molecule has 1 heterocycles. The van der Waals surface area contributed by atoms with E-state index in [1.54, 1.807) is 0 Å². The first-order valence-electron chi connectivity index (χ1n) is 1.30. The lowest BCUT2D eigenvalue weighted by Crippen LogP contribution is -1.90. The summed E-state index contributed by atoms with van der Waals surface area (Å²) in [5.41, 5.74) is 0. The van der Waals surface area contributed by atoms with Crippen molar-refractivity contribution in [3.05, 3.63) is 0 Å². The van der Waals surface area contributed by atoms with Crippen LogP contribution in [0, 0.1) is 0 Å². The summed E-state index contributed by atoms with van der Waals surface area (Å²) in [6.45, 7) is 0. The Kier molecular flexibility index (Phi) is 0.474. The first-order valence-corrected chi connectivity index (χ1v) is 1.30. The van der Waals surface area contributed by atoms with Crippen molar-refractivity contribution in [1.29, 1.82) is 0 Å². The van der Waals surface area contributed by atoms with Crippen LogP contribution in [0.15, 0.2) is 0 Å². The smallest absolute Gasteiger partial charge is 0.130 e. The van der Waals surface area contributed by atoms with Crippen molar-refractivity contribution in [2.24, 2.45) is 0 Å². The Labute approximate surface area is 33.0 Å². The second-order valence-electron chi connectivity index (χ2n) is 0.694.